The number of carbonyl (C=O) groups excluding carboxylic acids is 2. The topological polar surface area (TPSA) is 58.6 Å². The first-order valence-electron chi connectivity index (χ1n) is 9.47. The number of amides is 1. The molecule has 2 aromatic carbocycles. The lowest BCUT2D eigenvalue weighted by Crippen LogP contribution is -2.37. The Hall–Kier alpha value is -2.66. The van der Waals surface area contributed by atoms with E-state index in [1.165, 1.54) is 26.4 Å². The molecular weight excluding hydrogens is 340 g/mol. The Morgan fingerprint density at radius 2 is 1.81 bits per heavy atom. The van der Waals surface area contributed by atoms with Gasteiger partial charge in [0.25, 0.3) is 5.91 Å². The molecule has 0 saturated carbocycles. The first-order chi connectivity index (χ1) is 13.2. The summed E-state index contributed by atoms with van der Waals surface area (Å²) < 4.78 is 4.86. The average Bonchev–Trinajstić information content (AvgIpc) is 2.74. The van der Waals surface area contributed by atoms with Crippen molar-refractivity contribution in [3.63, 3.8) is 0 Å². The van der Waals surface area contributed by atoms with E-state index in [-0.39, 0.29) is 11.9 Å². The van der Waals surface area contributed by atoms with E-state index in [2.05, 4.69) is 10.2 Å². The van der Waals surface area contributed by atoms with E-state index in [0.717, 1.165) is 30.8 Å². The number of ether oxygens (including phenoxy) is 1. The molecule has 2 aromatic rings. The fourth-order valence-electron chi connectivity index (χ4n) is 3.46. The van der Waals surface area contributed by atoms with Crippen molar-refractivity contribution in [2.45, 2.75) is 19.3 Å². The third kappa shape index (κ3) is 4.95. The molecule has 0 aliphatic carbocycles. The third-order valence-corrected chi connectivity index (χ3v) is 4.93. The Kier molecular flexibility index (Phi) is 6.60. The Bertz CT molecular complexity index is 798. The Morgan fingerprint density at radius 3 is 2.59 bits per heavy atom. The van der Waals surface area contributed by atoms with Gasteiger partial charge >= 0.3 is 5.97 Å². The fraction of sp³-hybridized carbons (Fsp3) is 0.364. The van der Waals surface area contributed by atoms with Gasteiger partial charge in [0.05, 0.1) is 12.7 Å². The minimum absolute atomic E-state index is 0.0931. The van der Waals surface area contributed by atoms with Crippen molar-refractivity contribution in [3.05, 3.63) is 59.7 Å². The molecule has 27 heavy (non-hydrogen) atoms. The number of rotatable bonds is 6. The maximum Gasteiger partial charge on any atom is 0.338 e. The second-order valence-corrected chi connectivity index (χ2v) is 6.78. The summed E-state index contributed by atoms with van der Waals surface area (Å²) in [5.74, 6) is -0.480. The van der Waals surface area contributed by atoms with Gasteiger partial charge < -0.3 is 15.0 Å². The zero-order valence-electron chi connectivity index (χ0n) is 15.7. The molecule has 1 aliphatic rings. The molecule has 0 bridgehead atoms. The van der Waals surface area contributed by atoms with E-state index in [0.29, 0.717) is 17.7 Å². The van der Waals surface area contributed by atoms with Crippen LogP contribution in [0.4, 0.5) is 0 Å². The van der Waals surface area contributed by atoms with Gasteiger partial charge in [0.15, 0.2) is 0 Å². The molecule has 3 rings (SSSR count). The van der Waals surface area contributed by atoms with Crippen molar-refractivity contribution in [1.82, 2.24) is 10.2 Å². The van der Waals surface area contributed by atoms with Crippen LogP contribution in [-0.2, 0) is 4.74 Å². The van der Waals surface area contributed by atoms with Crippen LogP contribution in [0.2, 0.25) is 0 Å². The lowest BCUT2D eigenvalue weighted by atomic mass is 9.98. The monoisotopic (exact) mass is 366 g/mol. The summed E-state index contributed by atoms with van der Waals surface area (Å²) >= 11 is 0. The molecular formula is C22H26N2O3. The van der Waals surface area contributed by atoms with E-state index in [1.807, 2.05) is 30.3 Å². The molecule has 1 amide bonds. The third-order valence-electron chi connectivity index (χ3n) is 4.93. The van der Waals surface area contributed by atoms with Crippen LogP contribution in [0.5, 0.6) is 0 Å². The van der Waals surface area contributed by atoms with Crippen LogP contribution in [-0.4, -0.2) is 50.1 Å². The van der Waals surface area contributed by atoms with Crippen molar-refractivity contribution >= 4 is 11.9 Å². The van der Waals surface area contributed by atoms with Crippen LogP contribution >= 0.6 is 0 Å². The molecule has 1 aliphatic heterocycles. The van der Waals surface area contributed by atoms with Crippen LogP contribution in [0.1, 0.15) is 40.0 Å². The number of likely N-dealkylation sites (tertiary alicyclic amines) is 1. The van der Waals surface area contributed by atoms with Crippen LogP contribution in [0.15, 0.2) is 48.5 Å². The number of carbonyl (C=O) groups is 2. The standard InChI is InChI=1S/C22H26N2O3/c1-27-22(26)20-11-4-3-10-19(20)17-8-7-9-18(16-17)21(25)23-12-15-24-13-5-2-6-14-24/h3-4,7-11,16H,2,5-6,12-15H2,1H3,(H,23,25). The number of methoxy groups -OCH3 is 1. The molecule has 0 unspecified atom stereocenters. The predicted octanol–water partition coefficient (Wildman–Crippen LogP) is 3.36. The molecule has 1 fully saturated rings. The Labute approximate surface area is 160 Å². The van der Waals surface area contributed by atoms with Crippen molar-refractivity contribution in [1.29, 1.82) is 0 Å². The SMILES string of the molecule is COC(=O)c1ccccc1-c1cccc(C(=O)NCCN2CCCCC2)c1. The number of piperidine rings is 1. The van der Waals surface area contributed by atoms with Crippen LogP contribution in [0.25, 0.3) is 11.1 Å². The quantitative estimate of drug-likeness (QED) is 0.797. The van der Waals surface area contributed by atoms with Crippen LogP contribution in [0.3, 0.4) is 0 Å². The largest absolute Gasteiger partial charge is 0.465 e. The van der Waals surface area contributed by atoms with Gasteiger partial charge in [-0.1, -0.05) is 36.8 Å². The molecule has 0 atom stereocenters. The first kappa shape index (κ1) is 19.1. The fourth-order valence-corrected chi connectivity index (χ4v) is 3.46. The Morgan fingerprint density at radius 1 is 1.04 bits per heavy atom. The second-order valence-electron chi connectivity index (χ2n) is 6.78. The minimum atomic E-state index is -0.387. The number of esters is 1. The van der Waals surface area contributed by atoms with Gasteiger partial charge in [-0.05, 0) is 55.3 Å². The summed E-state index contributed by atoms with van der Waals surface area (Å²) in [5, 5.41) is 3.00. The molecule has 0 aromatic heterocycles. The minimum Gasteiger partial charge on any atom is -0.465 e. The van der Waals surface area contributed by atoms with Gasteiger partial charge in [-0.2, -0.15) is 0 Å². The lowest BCUT2D eigenvalue weighted by Gasteiger charge is -2.26. The van der Waals surface area contributed by atoms with Crippen molar-refractivity contribution in [3.8, 4) is 11.1 Å². The van der Waals surface area contributed by atoms with Crippen molar-refractivity contribution in [2.75, 3.05) is 33.3 Å². The molecule has 1 N–H and O–H groups in total. The van der Waals surface area contributed by atoms with E-state index in [9.17, 15) is 9.59 Å². The normalized spacial score (nSPS) is 14.6. The Balaban J connectivity index is 1.68. The summed E-state index contributed by atoms with van der Waals surface area (Å²) in [6.07, 6.45) is 3.80. The van der Waals surface area contributed by atoms with E-state index in [4.69, 9.17) is 4.74 Å². The predicted molar refractivity (Wildman–Crippen MR) is 106 cm³/mol. The van der Waals surface area contributed by atoms with Crippen LogP contribution < -0.4 is 5.32 Å². The number of benzene rings is 2. The maximum absolute atomic E-state index is 12.5. The van der Waals surface area contributed by atoms with E-state index < -0.39 is 0 Å². The van der Waals surface area contributed by atoms with Gasteiger partial charge in [-0.3, -0.25) is 4.79 Å². The van der Waals surface area contributed by atoms with E-state index in [1.54, 1.807) is 18.2 Å². The first-order valence-corrected chi connectivity index (χ1v) is 9.47. The van der Waals surface area contributed by atoms with Gasteiger partial charge in [0.1, 0.15) is 0 Å². The van der Waals surface area contributed by atoms with Crippen molar-refractivity contribution < 1.29 is 14.3 Å². The van der Waals surface area contributed by atoms with E-state index >= 15 is 0 Å². The smallest absolute Gasteiger partial charge is 0.338 e. The molecule has 0 spiro atoms. The molecule has 1 heterocycles. The molecule has 142 valence electrons. The van der Waals surface area contributed by atoms with Crippen molar-refractivity contribution in [2.24, 2.45) is 0 Å². The van der Waals surface area contributed by atoms with Gasteiger partial charge in [-0.15, -0.1) is 0 Å². The summed E-state index contributed by atoms with van der Waals surface area (Å²) in [6, 6.07) is 14.6. The highest BCUT2D eigenvalue weighted by molar-refractivity contribution is 5.99. The number of hydrogen-bond donors (Lipinski definition) is 1. The lowest BCUT2D eigenvalue weighted by molar-refractivity contribution is 0.0601. The highest BCUT2D eigenvalue weighted by Crippen LogP contribution is 2.25. The number of hydrogen-bond acceptors (Lipinski definition) is 4. The number of nitrogens with one attached hydrogen (secondary N) is 1. The van der Waals surface area contributed by atoms with Gasteiger partial charge in [0, 0.05) is 18.7 Å². The van der Waals surface area contributed by atoms with Gasteiger partial charge in [-0.25, -0.2) is 4.79 Å². The average molecular weight is 366 g/mol. The highest BCUT2D eigenvalue weighted by Gasteiger charge is 2.14. The molecule has 1 saturated heterocycles. The molecule has 0 radical (unpaired) electrons. The zero-order valence-corrected chi connectivity index (χ0v) is 15.7. The summed E-state index contributed by atoms with van der Waals surface area (Å²) in [7, 11) is 1.37. The highest BCUT2D eigenvalue weighted by atomic mass is 16.5. The maximum atomic E-state index is 12.5. The summed E-state index contributed by atoms with van der Waals surface area (Å²) in [4.78, 5) is 26.9. The summed E-state index contributed by atoms with van der Waals surface area (Å²) in [6.45, 7) is 3.77. The molecule has 5 nitrogen and oxygen atoms in total. The molecule has 5 heteroatoms. The van der Waals surface area contributed by atoms with Crippen LogP contribution in [0, 0.1) is 0 Å². The second kappa shape index (κ2) is 9.33. The zero-order chi connectivity index (χ0) is 19.1. The van der Waals surface area contributed by atoms with Gasteiger partial charge in [0.2, 0.25) is 0 Å². The summed E-state index contributed by atoms with van der Waals surface area (Å²) in [5.41, 5.74) is 2.65. The number of nitrogens with zero attached hydrogens (tertiary/aromatic N) is 1.